The fraction of sp³-hybridized carbons (Fsp3) is 0.900. The highest BCUT2D eigenvalue weighted by atomic mass is 16.7. The predicted octanol–water partition coefficient (Wildman–Crippen LogP) is 1.67. The van der Waals surface area contributed by atoms with E-state index in [0.29, 0.717) is 31.5 Å². The zero-order valence-corrected chi connectivity index (χ0v) is 35.4. The van der Waals surface area contributed by atoms with Gasteiger partial charge >= 0.3 is 0 Å². The number of rotatable bonds is 31. The maximum absolute atomic E-state index is 12.8. The monoisotopic (exact) mass is 805 g/mol. The molecule has 1 saturated heterocycles. The number of carbonyl (C=O) groups excluding carboxylic acids is 4. The minimum atomic E-state index is -1.38. The quantitative estimate of drug-likeness (QED) is 0.0498. The number of hydrogen-bond acceptors (Lipinski definition) is 12. The molecule has 9 unspecified atom stereocenters. The minimum Gasteiger partial charge on any atom is -0.394 e. The van der Waals surface area contributed by atoms with Crippen molar-refractivity contribution in [3.63, 3.8) is 0 Å². The summed E-state index contributed by atoms with van der Waals surface area (Å²) >= 11 is 0. The molecular weight excluding hydrogens is 728 g/mol. The lowest BCUT2D eigenvalue weighted by Gasteiger charge is -2.42. The van der Waals surface area contributed by atoms with Gasteiger partial charge in [0.1, 0.15) is 24.4 Å². The van der Waals surface area contributed by atoms with Crippen LogP contribution in [0.4, 0.5) is 0 Å². The Labute approximate surface area is 335 Å². The lowest BCUT2D eigenvalue weighted by Crippen LogP contribution is -2.64. The first-order valence-electron chi connectivity index (χ1n) is 20.6. The molecule has 1 rings (SSSR count). The predicted molar refractivity (Wildman–Crippen MR) is 211 cm³/mol. The second-order valence-corrected chi connectivity index (χ2v) is 16.0. The second-order valence-electron chi connectivity index (χ2n) is 16.0. The van der Waals surface area contributed by atoms with Crippen LogP contribution in [0.3, 0.4) is 0 Å². The Morgan fingerprint density at radius 1 is 0.714 bits per heavy atom. The number of nitrogens with one attached hydrogen (secondary N) is 4. The van der Waals surface area contributed by atoms with Gasteiger partial charge < -0.3 is 60.3 Å². The Bertz CT molecular complexity index is 1080. The third-order valence-corrected chi connectivity index (χ3v) is 10.2. The number of aliphatic hydroxyl groups is 3. The molecule has 0 radical (unpaired) electrons. The van der Waals surface area contributed by atoms with Crippen LogP contribution in [0, 0.1) is 29.1 Å². The molecule has 1 fully saturated rings. The average molecular weight is 805 g/mol. The first-order chi connectivity index (χ1) is 26.6. The molecule has 4 amide bonds. The number of carbonyl (C=O) groups is 4. The van der Waals surface area contributed by atoms with E-state index >= 15 is 0 Å². The second kappa shape index (κ2) is 28.9. The van der Waals surface area contributed by atoms with E-state index in [0.717, 1.165) is 25.7 Å². The van der Waals surface area contributed by atoms with Gasteiger partial charge in [-0.25, -0.2) is 0 Å². The van der Waals surface area contributed by atoms with E-state index in [2.05, 4.69) is 49.0 Å². The van der Waals surface area contributed by atoms with E-state index in [9.17, 15) is 34.5 Å². The Morgan fingerprint density at radius 3 is 1.59 bits per heavy atom. The van der Waals surface area contributed by atoms with E-state index in [1.165, 1.54) is 6.92 Å². The highest BCUT2D eigenvalue weighted by Gasteiger charge is 2.45. The Morgan fingerprint density at radius 2 is 1.18 bits per heavy atom. The van der Waals surface area contributed by atoms with Crippen LogP contribution in [0.15, 0.2) is 0 Å². The summed E-state index contributed by atoms with van der Waals surface area (Å²) in [7, 11) is 0. The van der Waals surface area contributed by atoms with Crippen molar-refractivity contribution in [1.82, 2.24) is 21.3 Å². The summed E-state index contributed by atoms with van der Waals surface area (Å²) in [5.74, 6) is 0.299. The molecule has 1 heterocycles. The van der Waals surface area contributed by atoms with Crippen molar-refractivity contribution in [1.29, 1.82) is 0 Å². The van der Waals surface area contributed by atoms with Gasteiger partial charge in [-0.15, -0.1) is 0 Å². The number of hydrogen-bond donors (Lipinski definition) is 7. The van der Waals surface area contributed by atoms with E-state index in [4.69, 9.17) is 23.7 Å². The fourth-order valence-corrected chi connectivity index (χ4v) is 5.87. The Balaban J connectivity index is 2.57. The molecule has 56 heavy (non-hydrogen) atoms. The van der Waals surface area contributed by atoms with Gasteiger partial charge in [0.15, 0.2) is 6.29 Å². The standard InChI is InChI=1S/C40H76N4O12/c1-9-27(4)19-41-33(47)12-15-52-24-40(8,25-53-16-13-34(48)42-20-28(5)10-2)26-54-17-14-35(49)43-21-31(11-3)18-29(6)23-55-39-36(44-30(7)46)38(51)37(50)32(22-45)56-39/h27-29,31-32,36-39,45,50-51H,9-26H2,1-8H3,(H,41,47)(H,42,48)(H,43,49)(H,44,46). The largest absolute Gasteiger partial charge is 0.394 e. The van der Waals surface area contributed by atoms with Gasteiger partial charge in [0, 0.05) is 51.2 Å². The summed E-state index contributed by atoms with van der Waals surface area (Å²) in [6.07, 6.45) is -0.741. The molecule has 16 nitrogen and oxygen atoms in total. The number of aliphatic hydroxyl groups excluding tert-OH is 3. The van der Waals surface area contributed by atoms with Gasteiger partial charge in [0.25, 0.3) is 0 Å². The first-order valence-corrected chi connectivity index (χ1v) is 20.6. The van der Waals surface area contributed by atoms with Crippen LogP contribution in [0.2, 0.25) is 0 Å². The van der Waals surface area contributed by atoms with E-state index < -0.39 is 48.6 Å². The van der Waals surface area contributed by atoms with E-state index in [1.54, 1.807) is 0 Å². The van der Waals surface area contributed by atoms with Crippen LogP contribution in [-0.2, 0) is 42.9 Å². The molecule has 1 aliphatic heterocycles. The van der Waals surface area contributed by atoms with Gasteiger partial charge in [0.2, 0.25) is 23.6 Å². The van der Waals surface area contributed by atoms with Crippen molar-refractivity contribution >= 4 is 23.6 Å². The van der Waals surface area contributed by atoms with Crippen molar-refractivity contribution in [2.75, 3.05) is 72.5 Å². The minimum absolute atomic E-state index is 0.0266. The Hall–Kier alpha value is -2.44. The number of ether oxygens (including phenoxy) is 5. The normalized spacial score (nSPS) is 22.9. The lowest BCUT2D eigenvalue weighted by molar-refractivity contribution is -0.272. The van der Waals surface area contributed by atoms with Crippen LogP contribution in [0.5, 0.6) is 0 Å². The van der Waals surface area contributed by atoms with Gasteiger partial charge in [-0.2, -0.15) is 0 Å². The molecule has 0 saturated carbocycles. The van der Waals surface area contributed by atoms with Crippen LogP contribution < -0.4 is 21.3 Å². The van der Waals surface area contributed by atoms with Gasteiger partial charge in [-0.3, -0.25) is 19.2 Å². The molecule has 0 aromatic rings. The maximum Gasteiger partial charge on any atom is 0.222 e. The summed E-state index contributed by atoms with van der Waals surface area (Å²) < 4.78 is 29.3. The fourth-order valence-electron chi connectivity index (χ4n) is 5.87. The summed E-state index contributed by atoms with van der Waals surface area (Å²) in [5, 5.41) is 41.7. The SMILES string of the molecule is CCC(C)CNC(=O)CCOCC(C)(COCCC(=O)NCC(C)CC)COCCC(=O)NCC(CC)CC(C)COC1OC(CO)C(O)C(O)C1NC(C)=O. The highest BCUT2D eigenvalue weighted by Crippen LogP contribution is 2.24. The topological polar surface area (TPSA) is 223 Å². The molecule has 0 aromatic heterocycles. The zero-order chi connectivity index (χ0) is 42.1. The summed E-state index contributed by atoms with van der Waals surface area (Å²) in [6.45, 7) is 18.5. The van der Waals surface area contributed by atoms with Crippen LogP contribution in [0.1, 0.15) is 100 Å². The summed E-state index contributed by atoms with van der Waals surface area (Å²) in [5.41, 5.74) is -0.579. The maximum atomic E-state index is 12.8. The van der Waals surface area contributed by atoms with Crippen molar-refractivity contribution in [3.05, 3.63) is 0 Å². The summed E-state index contributed by atoms with van der Waals surface area (Å²) in [6, 6.07) is -1.01. The highest BCUT2D eigenvalue weighted by molar-refractivity contribution is 5.76. The lowest BCUT2D eigenvalue weighted by atomic mass is 9.93. The molecule has 328 valence electrons. The molecule has 16 heteroatoms. The van der Waals surface area contributed by atoms with Crippen molar-refractivity contribution in [3.8, 4) is 0 Å². The van der Waals surface area contributed by atoms with Gasteiger partial charge in [0.05, 0.1) is 52.9 Å². The van der Waals surface area contributed by atoms with Crippen molar-refractivity contribution in [2.24, 2.45) is 29.1 Å². The molecule has 0 aliphatic carbocycles. The molecule has 1 aliphatic rings. The average Bonchev–Trinajstić information content (AvgIpc) is 3.17. The summed E-state index contributed by atoms with van der Waals surface area (Å²) in [4.78, 5) is 48.9. The molecule has 0 bridgehead atoms. The third-order valence-electron chi connectivity index (χ3n) is 10.2. The van der Waals surface area contributed by atoms with Crippen LogP contribution in [-0.4, -0.2) is 142 Å². The molecular formula is C40H76N4O12. The third kappa shape index (κ3) is 21.9. The van der Waals surface area contributed by atoms with Gasteiger partial charge in [-0.1, -0.05) is 67.7 Å². The zero-order valence-electron chi connectivity index (χ0n) is 35.4. The molecule has 0 aromatic carbocycles. The molecule has 7 N–H and O–H groups in total. The molecule has 9 atom stereocenters. The van der Waals surface area contributed by atoms with Crippen molar-refractivity contribution in [2.45, 2.75) is 131 Å². The molecule has 0 spiro atoms. The van der Waals surface area contributed by atoms with Gasteiger partial charge in [-0.05, 0) is 30.1 Å². The smallest absolute Gasteiger partial charge is 0.222 e. The number of amides is 4. The van der Waals surface area contributed by atoms with Crippen molar-refractivity contribution < 1.29 is 58.2 Å². The van der Waals surface area contributed by atoms with Crippen LogP contribution >= 0.6 is 0 Å². The first kappa shape index (κ1) is 51.6. The van der Waals surface area contributed by atoms with E-state index in [1.807, 2.05) is 20.8 Å². The van der Waals surface area contributed by atoms with E-state index in [-0.39, 0.29) is 95.1 Å². The Kier molecular flexibility index (Phi) is 26.6. The van der Waals surface area contributed by atoms with Crippen LogP contribution in [0.25, 0.3) is 0 Å².